The molecule has 0 radical (unpaired) electrons. The quantitative estimate of drug-likeness (QED) is 0.788. The summed E-state index contributed by atoms with van der Waals surface area (Å²) in [6, 6.07) is 11.6. The van der Waals surface area contributed by atoms with Crippen molar-refractivity contribution in [2.24, 2.45) is 0 Å². The van der Waals surface area contributed by atoms with Gasteiger partial charge in [0, 0.05) is 21.5 Å². The van der Waals surface area contributed by atoms with Crippen molar-refractivity contribution in [3.8, 4) is 11.5 Å². The molecule has 1 amide bonds. The second kappa shape index (κ2) is 7.27. The number of anilines is 1. The Labute approximate surface area is 147 Å². The zero-order chi connectivity index (χ0) is 16.2. The number of aryl methyl sites for hydroxylation is 1. The summed E-state index contributed by atoms with van der Waals surface area (Å²) in [7, 11) is 0. The average molecular weight is 394 g/mol. The van der Waals surface area contributed by atoms with Crippen molar-refractivity contribution in [1.29, 1.82) is 0 Å². The van der Waals surface area contributed by atoms with Crippen LogP contribution in [0.25, 0.3) is 0 Å². The molecule has 3 rings (SSSR count). The Morgan fingerprint density at radius 1 is 1.22 bits per heavy atom. The van der Waals surface area contributed by atoms with Crippen molar-refractivity contribution in [3.63, 3.8) is 0 Å². The summed E-state index contributed by atoms with van der Waals surface area (Å²) in [5.41, 5.74) is 1.86. The molecule has 0 unspecified atom stereocenters. The molecule has 0 bridgehead atoms. The van der Waals surface area contributed by atoms with Crippen LogP contribution < -0.4 is 14.8 Å². The highest BCUT2D eigenvalue weighted by Gasteiger charge is 2.16. The molecular weight excluding hydrogens is 378 g/mol. The largest absolute Gasteiger partial charge is 0.486 e. The first-order valence-electron chi connectivity index (χ1n) is 7.21. The van der Waals surface area contributed by atoms with Gasteiger partial charge in [-0.1, -0.05) is 18.2 Å². The van der Waals surface area contributed by atoms with Gasteiger partial charge in [0.05, 0.1) is 11.4 Å². The third kappa shape index (κ3) is 4.00. The molecule has 1 aliphatic rings. The van der Waals surface area contributed by atoms with Crippen molar-refractivity contribution in [3.05, 3.63) is 46.4 Å². The molecule has 0 saturated carbocycles. The van der Waals surface area contributed by atoms with Gasteiger partial charge in [0.2, 0.25) is 5.91 Å². The second-order valence-corrected chi connectivity index (χ2v) is 6.95. The first-order chi connectivity index (χ1) is 11.1. The van der Waals surface area contributed by atoms with Crippen molar-refractivity contribution in [2.45, 2.75) is 11.8 Å². The summed E-state index contributed by atoms with van der Waals surface area (Å²) < 4.78 is 11.8. The number of carbonyl (C=O) groups excluding carboxylic acids is 1. The van der Waals surface area contributed by atoms with Crippen LogP contribution in [0.4, 0.5) is 5.69 Å². The Balaban J connectivity index is 1.65. The summed E-state index contributed by atoms with van der Waals surface area (Å²) in [5.74, 6) is 1.64. The van der Waals surface area contributed by atoms with Gasteiger partial charge in [-0.25, -0.2) is 0 Å². The minimum Gasteiger partial charge on any atom is -0.486 e. The number of hydrogen-bond donors (Lipinski definition) is 1. The summed E-state index contributed by atoms with van der Waals surface area (Å²) in [6.07, 6.45) is 0. The molecule has 1 N–H and O–H groups in total. The van der Waals surface area contributed by atoms with Gasteiger partial charge in [-0.15, -0.1) is 11.8 Å². The number of carbonyl (C=O) groups is 1. The van der Waals surface area contributed by atoms with Gasteiger partial charge in [0.15, 0.2) is 11.5 Å². The van der Waals surface area contributed by atoms with Gasteiger partial charge in [-0.3, -0.25) is 4.79 Å². The summed E-state index contributed by atoms with van der Waals surface area (Å²) >= 11 is 4.98. The van der Waals surface area contributed by atoms with Crippen LogP contribution in [0, 0.1) is 6.92 Å². The fourth-order valence-corrected chi connectivity index (χ4v) is 3.46. The van der Waals surface area contributed by atoms with E-state index in [0.717, 1.165) is 9.37 Å². The Kier molecular flexibility index (Phi) is 5.13. The van der Waals surface area contributed by atoms with Crippen LogP contribution in [0.2, 0.25) is 0 Å². The van der Waals surface area contributed by atoms with E-state index in [4.69, 9.17) is 9.47 Å². The Morgan fingerprint density at radius 3 is 2.65 bits per heavy atom. The number of ether oxygens (including phenoxy) is 2. The fraction of sp³-hybridized carbons (Fsp3) is 0.235. The number of fused-ring (bicyclic) bond motifs is 1. The zero-order valence-corrected chi connectivity index (χ0v) is 15.0. The highest BCUT2D eigenvalue weighted by molar-refractivity contribution is 9.10. The lowest BCUT2D eigenvalue weighted by molar-refractivity contribution is -0.113. The van der Waals surface area contributed by atoms with E-state index < -0.39 is 0 Å². The number of thioether (sulfide) groups is 1. The highest BCUT2D eigenvalue weighted by Crippen LogP contribution is 2.38. The summed E-state index contributed by atoms with van der Waals surface area (Å²) in [4.78, 5) is 13.3. The second-order valence-electron chi connectivity index (χ2n) is 5.08. The fourth-order valence-electron chi connectivity index (χ4n) is 2.21. The predicted molar refractivity (Wildman–Crippen MR) is 95.7 cm³/mol. The number of nitrogens with one attached hydrogen (secondary N) is 1. The molecule has 4 nitrogen and oxygen atoms in total. The van der Waals surface area contributed by atoms with Crippen molar-refractivity contribution in [1.82, 2.24) is 0 Å². The number of hydrogen-bond acceptors (Lipinski definition) is 4. The maximum atomic E-state index is 12.2. The van der Waals surface area contributed by atoms with Crippen LogP contribution in [-0.4, -0.2) is 24.9 Å². The van der Waals surface area contributed by atoms with Gasteiger partial charge < -0.3 is 14.8 Å². The predicted octanol–water partition coefficient (Wildman–Crippen LogP) is 4.26. The van der Waals surface area contributed by atoms with Gasteiger partial charge in [-0.2, -0.15) is 0 Å². The van der Waals surface area contributed by atoms with Crippen molar-refractivity contribution >= 4 is 39.3 Å². The topological polar surface area (TPSA) is 47.6 Å². The number of rotatable bonds is 4. The molecule has 2 aromatic carbocycles. The van der Waals surface area contributed by atoms with E-state index in [2.05, 4.69) is 21.2 Å². The molecular formula is C17H16BrNO3S. The Hall–Kier alpha value is -1.66. The average Bonchev–Trinajstić information content (AvgIpc) is 2.55. The Bertz CT molecular complexity index is 736. The molecule has 1 heterocycles. The number of benzene rings is 2. The molecule has 0 aliphatic carbocycles. The molecule has 0 aromatic heterocycles. The van der Waals surface area contributed by atoms with E-state index in [1.165, 1.54) is 17.3 Å². The molecule has 0 spiro atoms. The van der Waals surface area contributed by atoms with E-state index in [1.807, 2.05) is 37.3 Å². The lowest BCUT2D eigenvalue weighted by Crippen LogP contribution is -2.17. The van der Waals surface area contributed by atoms with Gasteiger partial charge in [0.1, 0.15) is 13.2 Å². The number of halogens is 1. The minimum atomic E-state index is -0.0596. The molecule has 6 heteroatoms. The monoisotopic (exact) mass is 393 g/mol. The first kappa shape index (κ1) is 16.2. The van der Waals surface area contributed by atoms with E-state index in [-0.39, 0.29) is 5.91 Å². The van der Waals surface area contributed by atoms with Crippen LogP contribution in [0.3, 0.4) is 0 Å². The smallest absolute Gasteiger partial charge is 0.234 e. The lowest BCUT2D eigenvalue weighted by Gasteiger charge is -2.20. The first-order valence-corrected chi connectivity index (χ1v) is 8.99. The third-order valence-electron chi connectivity index (χ3n) is 3.36. The van der Waals surface area contributed by atoms with Gasteiger partial charge >= 0.3 is 0 Å². The third-order valence-corrected chi connectivity index (χ3v) is 5.19. The molecule has 0 fully saturated rings. The molecule has 120 valence electrons. The molecule has 2 aromatic rings. The highest BCUT2D eigenvalue weighted by atomic mass is 79.9. The molecule has 0 atom stereocenters. The van der Waals surface area contributed by atoms with E-state index in [1.54, 1.807) is 6.07 Å². The van der Waals surface area contributed by atoms with Crippen LogP contribution in [-0.2, 0) is 4.79 Å². The molecule has 0 saturated heterocycles. The minimum absolute atomic E-state index is 0.0596. The van der Waals surface area contributed by atoms with E-state index in [0.29, 0.717) is 36.2 Å². The van der Waals surface area contributed by atoms with Crippen LogP contribution >= 0.6 is 27.7 Å². The van der Waals surface area contributed by atoms with Crippen LogP contribution in [0.1, 0.15) is 5.56 Å². The number of amides is 1. The summed E-state index contributed by atoms with van der Waals surface area (Å²) in [6.45, 7) is 3.10. The van der Waals surface area contributed by atoms with Gasteiger partial charge in [0.25, 0.3) is 0 Å². The zero-order valence-electron chi connectivity index (χ0n) is 12.6. The maximum absolute atomic E-state index is 12.2. The molecule has 23 heavy (non-hydrogen) atoms. The van der Waals surface area contributed by atoms with E-state index in [9.17, 15) is 4.79 Å². The Morgan fingerprint density at radius 2 is 1.91 bits per heavy atom. The maximum Gasteiger partial charge on any atom is 0.234 e. The van der Waals surface area contributed by atoms with Crippen LogP contribution in [0.15, 0.2) is 45.8 Å². The molecule has 1 aliphatic heterocycles. The van der Waals surface area contributed by atoms with E-state index >= 15 is 0 Å². The SMILES string of the molecule is Cc1ccccc1SCC(=O)Nc1cc2c(cc1Br)OCCO2. The summed E-state index contributed by atoms with van der Waals surface area (Å²) in [5, 5.41) is 2.91. The normalized spacial score (nSPS) is 12.8. The van der Waals surface area contributed by atoms with Crippen molar-refractivity contribution in [2.75, 3.05) is 24.3 Å². The van der Waals surface area contributed by atoms with Crippen LogP contribution in [0.5, 0.6) is 11.5 Å². The lowest BCUT2D eigenvalue weighted by atomic mass is 10.2. The van der Waals surface area contributed by atoms with Gasteiger partial charge in [-0.05, 0) is 34.5 Å². The van der Waals surface area contributed by atoms with Crippen molar-refractivity contribution < 1.29 is 14.3 Å². The standard InChI is InChI=1S/C17H16BrNO3S/c1-11-4-2-3-5-16(11)23-10-17(20)19-13-9-15-14(8-12(13)18)21-6-7-22-15/h2-5,8-9H,6-7,10H2,1H3,(H,19,20).